The summed E-state index contributed by atoms with van der Waals surface area (Å²) < 4.78 is 0. The minimum absolute atomic E-state index is 0.0966. The van der Waals surface area contributed by atoms with Crippen LogP contribution >= 0.6 is 0 Å². The minimum Gasteiger partial charge on any atom is -0.393 e. The first-order valence-electron chi connectivity index (χ1n) is 11.2. The molecule has 1 aromatic rings. The molecule has 0 aliphatic heterocycles. The van der Waals surface area contributed by atoms with Crippen LogP contribution in [0.3, 0.4) is 0 Å². The summed E-state index contributed by atoms with van der Waals surface area (Å²) in [5.74, 6) is 2.52. The lowest BCUT2D eigenvalue weighted by atomic mass is 9.48. The Labute approximate surface area is 164 Å². The molecule has 2 N–H and O–H groups in total. The molecule has 1 aromatic carbocycles. The molecule has 0 heterocycles. The lowest BCUT2D eigenvalue weighted by Crippen LogP contribution is -2.52. The van der Waals surface area contributed by atoms with E-state index in [0.717, 1.165) is 30.6 Å². The summed E-state index contributed by atoms with van der Waals surface area (Å²) in [6, 6.07) is 11.4. The molecule has 27 heavy (non-hydrogen) atoms. The van der Waals surface area contributed by atoms with E-state index in [4.69, 9.17) is 0 Å². The van der Waals surface area contributed by atoms with Gasteiger partial charge in [-0.05, 0) is 92.1 Å². The maximum absolute atomic E-state index is 10.2. The zero-order chi connectivity index (χ0) is 18.6. The largest absolute Gasteiger partial charge is 0.393 e. The van der Waals surface area contributed by atoms with Gasteiger partial charge in [0.15, 0.2) is 0 Å². The lowest BCUT2D eigenvalue weighted by molar-refractivity contribution is -0.0385. The van der Waals surface area contributed by atoms with Gasteiger partial charge in [-0.15, -0.1) is 0 Å². The molecule has 2 nitrogen and oxygen atoms in total. The molecule has 7 atom stereocenters. The van der Waals surface area contributed by atoms with Crippen molar-refractivity contribution >= 4 is 5.69 Å². The van der Waals surface area contributed by atoms with E-state index in [1.807, 2.05) is 0 Å². The molecule has 2 heteroatoms. The monoisotopic (exact) mass is 365 g/mol. The van der Waals surface area contributed by atoms with Gasteiger partial charge in [0.1, 0.15) is 0 Å². The number of allylic oxidation sites excluding steroid dienone is 1. The van der Waals surface area contributed by atoms with Crippen LogP contribution in [-0.4, -0.2) is 17.3 Å². The first-order valence-corrected chi connectivity index (χ1v) is 11.2. The maximum atomic E-state index is 10.2. The zero-order valence-corrected chi connectivity index (χ0v) is 17.0. The van der Waals surface area contributed by atoms with E-state index in [0.29, 0.717) is 16.9 Å². The molecule has 0 spiro atoms. The second kappa shape index (κ2) is 6.37. The van der Waals surface area contributed by atoms with E-state index in [9.17, 15) is 5.11 Å². The SMILES string of the molecule is C[C@]12CC[C@H]3[C@@H](CC=C4C[C@@H](O)CC[C@@]43C)[C@@H]1CC[C@@H]2Nc1ccccc1. The Balaban J connectivity index is 1.40. The van der Waals surface area contributed by atoms with E-state index < -0.39 is 0 Å². The number of nitrogens with one attached hydrogen (secondary N) is 1. The van der Waals surface area contributed by atoms with Gasteiger partial charge in [-0.25, -0.2) is 0 Å². The van der Waals surface area contributed by atoms with Gasteiger partial charge in [-0.2, -0.15) is 0 Å². The number of hydrogen-bond acceptors (Lipinski definition) is 2. The summed E-state index contributed by atoms with van der Waals surface area (Å²) in [5, 5.41) is 14.1. The van der Waals surface area contributed by atoms with Crippen LogP contribution in [0.2, 0.25) is 0 Å². The summed E-state index contributed by atoms with van der Waals surface area (Å²) in [7, 11) is 0. The highest BCUT2D eigenvalue weighted by atomic mass is 16.3. The van der Waals surface area contributed by atoms with Gasteiger partial charge < -0.3 is 10.4 Å². The van der Waals surface area contributed by atoms with Crippen molar-refractivity contribution in [3.05, 3.63) is 42.0 Å². The highest BCUT2D eigenvalue weighted by molar-refractivity contribution is 5.44. The van der Waals surface area contributed by atoms with Crippen molar-refractivity contribution in [3.63, 3.8) is 0 Å². The van der Waals surface area contributed by atoms with Crippen LogP contribution in [0.1, 0.15) is 65.2 Å². The Hall–Kier alpha value is -1.28. The molecule has 3 fully saturated rings. The zero-order valence-electron chi connectivity index (χ0n) is 17.0. The standard InChI is InChI=1S/C25H35NO/c1-24-14-12-19(27)16-17(24)8-9-20-21-10-11-23(25(21,2)15-13-22(20)24)26-18-6-4-3-5-7-18/h3-8,19-23,26-27H,9-16H2,1-2H3/t19-,20-,21-,22-,23-,24-,25-/m0/s1. The predicted octanol–water partition coefficient (Wildman–Crippen LogP) is 5.79. The molecule has 5 rings (SSSR count). The minimum atomic E-state index is -0.0966. The fourth-order valence-corrected chi connectivity index (χ4v) is 7.61. The number of anilines is 1. The van der Waals surface area contributed by atoms with Crippen LogP contribution in [-0.2, 0) is 0 Å². The lowest BCUT2D eigenvalue weighted by Gasteiger charge is -2.58. The molecule has 0 unspecified atom stereocenters. The molecule has 0 saturated heterocycles. The van der Waals surface area contributed by atoms with Crippen LogP contribution in [0.5, 0.6) is 0 Å². The second-order valence-corrected chi connectivity index (χ2v) is 10.3. The van der Waals surface area contributed by atoms with Gasteiger partial charge in [0.05, 0.1) is 6.10 Å². The van der Waals surface area contributed by atoms with E-state index in [1.54, 1.807) is 5.57 Å². The van der Waals surface area contributed by atoms with Crippen molar-refractivity contribution in [3.8, 4) is 0 Å². The smallest absolute Gasteiger partial charge is 0.0577 e. The van der Waals surface area contributed by atoms with Crippen molar-refractivity contribution in [2.75, 3.05) is 5.32 Å². The fraction of sp³-hybridized carbons (Fsp3) is 0.680. The van der Waals surface area contributed by atoms with Crippen molar-refractivity contribution in [2.45, 2.75) is 77.4 Å². The van der Waals surface area contributed by atoms with Crippen molar-refractivity contribution in [1.82, 2.24) is 0 Å². The molecule has 146 valence electrons. The van der Waals surface area contributed by atoms with E-state index >= 15 is 0 Å². The number of aliphatic hydroxyl groups excluding tert-OH is 1. The number of aliphatic hydroxyl groups is 1. The predicted molar refractivity (Wildman–Crippen MR) is 112 cm³/mol. The van der Waals surface area contributed by atoms with Gasteiger partial charge in [0.2, 0.25) is 0 Å². The van der Waals surface area contributed by atoms with Crippen LogP contribution in [0, 0.1) is 28.6 Å². The third kappa shape index (κ3) is 2.70. The van der Waals surface area contributed by atoms with Gasteiger partial charge in [0, 0.05) is 11.7 Å². The Morgan fingerprint density at radius 1 is 0.963 bits per heavy atom. The molecule has 4 aliphatic rings. The molecule has 3 saturated carbocycles. The second-order valence-electron chi connectivity index (χ2n) is 10.3. The van der Waals surface area contributed by atoms with Crippen molar-refractivity contribution in [2.24, 2.45) is 28.6 Å². The number of para-hydroxylation sites is 1. The molecule has 0 amide bonds. The molecular formula is C25H35NO. The summed E-state index contributed by atoms with van der Waals surface area (Å²) in [4.78, 5) is 0. The fourth-order valence-electron chi connectivity index (χ4n) is 7.61. The maximum Gasteiger partial charge on any atom is 0.0577 e. The van der Waals surface area contributed by atoms with Gasteiger partial charge >= 0.3 is 0 Å². The third-order valence-electron chi connectivity index (χ3n) is 9.19. The average molecular weight is 366 g/mol. The third-order valence-corrected chi connectivity index (χ3v) is 9.19. The van der Waals surface area contributed by atoms with Gasteiger partial charge in [-0.3, -0.25) is 0 Å². The number of fused-ring (bicyclic) bond motifs is 5. The molecule has 4 aliphatic carbocycles. The van der Waals surface area contributed by atoms with E-state index in [1.165, 1.54) is 44.2 Å². The van der Waals surface area contributed by atoms with Crippen LogP contribution in [0.25, 0.3) is 0 Å². The Morgan fingerprint density at radius 2 is 1.78 bits per heavy atom. The highest BCUT2D eigenvalue weighted by Gasteiger charge is 2.58. The summed E-state index contributed by atoms with van der Waals surface area (Å²) in [6.45, 7) is 5.10. The summed E-state index contributed by atoms with van der Waals surface area (Å²) in [6.07, 6.45) is 12.2. The van der Waals surface area contributed by atoms with Crippen LogP contribution in [0.15, 0.2) is 42.0 Å². The quantitative estimate of drug-likeness (QED) is 0.650. The Morgan fingerprint density at radius 3 is 2.59 bits per heavy atom. The Kier molecular flexibility index (Phi) is 4.20. The number of benzene rings is 1. The molecule has 0 aromatic heterocycles. The molecular weight excluding hydrogens is 330 g/mol. The number of rotatable bonds is 2. The van der Waals surface area contributed by atoms with Crippen LogP contribution in [0.4, 0.5) is 5.69 Å². The topological polar surface area (TPSA) is 32.3 Å². The van der Waals surface area contributed by atoms with Crippen molar-refractivity contribution in [1.29, 1.82) is 0 Å². The average Bonchev–Trinajstić information content (AvgIpc) is 3.00. The van der Waals surface area contributed by atoms with Gasteiger partial charge in [-0.1, -0.05) is 43.7 Å². The Bertz CT molecular complexity index is 727. The van der Waals surface area contributed by atoms with Gasteiger partial charge in [0.25, 0.3) is 0 Å². The van der Waals surface area contributed by atoms with Crippen molar-refractivity contribution < 1.29 is 5.11 Å². The van der Waals surface area contributed by atoms with Crippen LogP contribution < -0.4 is 5.32 Å². The van der Waals surface area contributed by atoms with E-state index in [2.05, 4.69) is 55.6 Å². The highest BCUT2D eigenvalue weighted by Crippen LogP contribution is 2.65. The first-order chi connectivity index (χ1) is 13.0. The summed E-state index contributed by atoms with van der Waals surface area (Å²) in [5.41, 5.74) is 3.65. The normalized spacial score (nSPS) is 46.0. The summed E-state index contributed by atoms with van der Waals surface area (Å²) >= 11 is 0. The van der Waals surface area contributed by atoms with E-state index in [-0.39, 0.29) is 6.10 Å². The molecule has 0 radical (unpaired) electrons. The molecule has 0 bridgehead atoms. The number of hydrogen-bond donors (Lipinski definition) is 2. The first kappa shape index (κ1) is 17.8.